The summed E-state index contributed by atoms with van der Waals surface area (Å²) in [7, 11) is 0. The fourth-order valence-corrected chi connectivity index (χ4v) is 2.49. The van der Waals surface area contributed by atoms with Crippen LogP contribution in [0.4, 0.5) is 5.82 Å². The molecule has 2 N–H and O–H groups in total. The molecule has 0 unspecified atom stereocenters. The molecule has 1 heterocycles. The summed E-state index contributed by atoms with van der Waals surface area (Å²) < 4.78 is 5.80. The lowest BCUT2D eigenvalue weighted by Gasteiger charge is -2.12. The van der Waals surface area contributed by atoms with Crippen LogP contribution in [0.5, 0.6) is 0 Å². The van der Waals surface area contributed by atoms with Crippen LogP contribution in [0.25, 0.3) is 0 Å². The number of ether oxygens (including phenoxy) is 1. The maximum absolute atomic E-state index is 5.80. The predicted molar refractivity (Wildman–Crippen MR) is 86.0 cm³/mol. The van der Waals surface area contributed by atoms with Gasteiger partial charge in [-0.25, -0.2) is 4.98 Å². The van der Waals surface area contributed by atoms with Gasteiger partial charge in [-0.1, -0.05) is 18.9 Å². The van der Waals surface area contributed by atoms with Crippen molar-refractivity contribution in [3.8, 4) is 0 Å². The Morgan fingerprint density at radius 1 is 1.40 bits per heavy atom. The van der Waals surface area contributed by atoms with E-state index in [1.54, 1.807) is 0 Å². The molecule has 110 valence electrons. The Bertz CT molecular complexity index is 416. The van der Waals surface area contributed by atoms with Crippen molar-refractivity contribution in [2.75, 3.05) is 18.5 Å². The van der Waals surface area contributed by atoms with Crippen molar-refractivity contribution < 1.29 is 4.74 Å². The monoisotopic (exact) mass is 293 g/mol. The van der Waals surface area contributed by atoms with Crippen molar-refractivity contribution in [3.05, 3.63) is 23.9 Å². The second-order valence-electron chi connectivity index (χ2n) is 5.23. The van der Waals surface area contributed by atoms with E-state index in [1.807, 2.05) is 25.3 Å². The molecule has 0 aliphatic heterocycles. The van der Waals surface area contributed by atoms with E-state index in [0.717, 1.165) is 31.0 Å². The Kier molecular flexibility index (Phi) is 6.21. The molecule has 1 saturated carbocycles. The van der Waals surface area contributed by atoms with Crippen LogP contribution in [0.3, 0.4) is 0 Å². The highest BCUT2D eigenvalue weighted by Gasteiger charge is 2.14. The van der Waals surface area contributed by atoms with Crippen LogP contribution in [0.15, 0.2) is 18.3 Å². The van der Waals surface area contributed by atoms with Crippen LogP contribution >= 0.6 is 12.2 Å². The molecule has 0 saturated heterocycles. The fraction of sp³-hybridized carbons (Fsp3) is 0.600. The lowest BCUT2D eigenvalue weighted by Crippen LogP contribution is -2.30. The Morgan fingerprint density at radius 3 is 2.90 bits per heavy atom. The third-order valence-corrected chi connectivity index (χ3v) is 3.66. The van der Waals surface area contributed by atoms with Gasteiger partial charge in [-0.15, -0.1) is 0 Å². The fourth-order valence-electron chi connectivity index (χ4n) is 2.28. The summed E-state index contributed by atoms with van der Waals surface area (Å²) in [6, 6.07) is 3.93. The number of pyridine rings is 1. The van der Waals surface area contributed by atoms with Crippen LogP contribution in [-0.4, -0.2) is 29.4 Å². The van der Waals surface area contributed by atoms with Crippen LogP contribution in [0, 0.1) is 6.92 Å². The van der Waals surface area contributed by atoms with Gasteiger partial charge in [0.15, 0.2) is 5.11 Å². The predicted octanol–water partition coefficient (Wildman–Crippen LogP) is 3.03. The average molecular weight is 293 g/mol. The number of nitrogens with one attached hydrogen (secondary N) is 2. The Hall–Kier alpha value is -1.20. The normalized spacial score (nSPS) is 15.2. The van der Waals surface area contributed by atoms with Gasteiger partial charge in [0, 0.05) is 19.3 Å². The zero-order chi connectivity index (χ0) is 14.2. The first kappa shape index (κ1) is 15.2. The van der Waals surface area contributed by atoms with Gasteiger partial charge in [-0.05, 0) is 50.0 Å². The SMILES string of the molecule is Cc1ccc(NC(=S)NCCCOC2CCCC2)nc1. The van der Waals surface area contributed by atoms with E-state index in [1.165, 1.54) is 25.7 Å². The summed E-state index contributed by atoms with van der Waals surface area (Å²) in [4.78, 5) is 4.25. The molecule has 1 fully saturated rings. The van der Waals surface area contributed by atoms with E-state index in [0.29, 0.717) is 11.2 Å². The lowest BCUT2D eigenvalue weighted by molar-refractivity contribution is 0.0574. The Labute approximate surface area is 126 Å². The number of nitrogens with zero attached hydrogens (tertiary/aromatic N) is 1. The highest BCUT2D eigenvalue weighted by atomic mass is 32.1. The number of thiocarbonyl (C=S) groups is 1. The summed E-state index contributed by atoms with van der Waals surface area (Å²) in [5, 5.41) is 6.85. The quantitative estimate of drug-likeness (QED) is 0.623. The molecule has 2 rings (SSSR count). The first-order valence-corrected chi connectivity index (χ1v) is 7.74. The minimum absolute atomic E-state index is 0.497. The van der Waals surface area contributed by atoms with Crippen LogP contribution in [-0.2, 0) is 4.74 Å². The molecule has 0 atom stereocenters. The largest absolute Gasteiger partial charge is 0.378 e. The Morgan fingerprint density at radius 2 is 2.20 bits per heavy atom. The van der Waals surface area contributed by atoms with E-state index in [-0.39, 0.29) is 0 Å². The van der Waals surface area contributed by atoms with Gasteiger partial charge in [0.05, 0.1) is 6.10 Å². The highest BCUT2D eigenvalue weighted by molar-refractivity contribution is 7.80. The zero-order valence-corrected chi connectivity index (χ0v) is 12.8. The van der Waals surface area contributed by atoms with Gasteiger partial charge in [-0.3, -0.25) is 0 Å². The maximum Gasteiger partial charge on any atom is 0.171 e. The molecule has 0 aromatic carbocycles. The molecular formula is C15H23N3OS. The van der Waals surface area contributed by atoms with Gasteiger partial charge in [0.1, 0.15) is 5.82 Å². The maximum atomic E-state index is 5.80. The van der Waals surface area contributed by atoms with Crippen molar-refractivity contribution in [2.45, 2.75) is 45.1 Å². The van der Waals surface area contributed by atoms with Gasteiger partial charge in [0.25, 0.3) is 0 Å². The zero-order valence-electron chi connectivity index (χ0n) is 12.0. The minimum atomic E-state index is 0.497. The number of anilines is 1. The summed E-state index contributed by atoms with van der Waals surface area (Å²) in [5.41, 5.74) is 1.14. The number of aryl methyl sites for hydroxylation is 1. The molecule has 4 nitrogen and oxygen atoms in total. The molecular weight excluding hydrogens is 270 g/mol. The highest BCUT2D eigenvalue weighted by Crippen LogP contribution is 2.20. The number of hydrogen-bond donors (Lipinski definition) is 2. The van der Waals surface area contributed by atoms with Gasteiger partial charge >= 0.3 is 0 Å². The summed E-state index contributed by atoms with van der Waals surface area (Å²) in [6.45, 7) is 3.64. The first-order valence-electron chi connectivity index (χ1n) is 7.33. The van der Waals surface area contributed by atoms with Gasteiger partial charge in [-0.2, -0.15) is 0 Å². The third-order valence-electron chi connectivity index (χ3n) is 3.42. The standard InChI is InChI=1S/C15H23N3OS/c1-12-7-8-14(17-11-12)18-15(20)16-9-4-10-19-13-5-2-3-6-13/h7-8,11,13H,2-6,9-10H2,1H3,(H2,16,17,18,20). The van der Waals surface area contributed by atoms with Crippen LogP contribution in [0.1, 0.15) is 37.7 Å². The van der Waals surface area contributed by atoms with E-state index >= 15 is 0 Å². The summed E-state index contributed by atoms with van der Waals surface area (Å²) in [6.07, 6.45) is 8.39. The molecule has 1 aliphatic carbocycles. The molecule has 0 amide bonds. The molecule has 5 heteroatoms. The summed E-state index contributed by atoms with van der Waals surface area (Å²) in [5.74, 6) is 0.773. The van der Waals surface area contributed by atoms with E-state index < -0.39 is 0 Å². The molecule has 1 aromatic heterocycles. The molecule has 0 radical (unpaired) electrons. The molecule has 1 aromatic rings. The lowest BCUT2D eigenvalue weighted by atomic mass is 10.3. The average Bonchev–Trinajstić information content (AvgIpc) is 2.94. The smallest absolute Gasteiger partial charge is 0.171 e. The second kappa shape index (κ2) is 8.17. The number of aromatic nitrogens is 1. The van der Waals surface area contributed by atoms with E-state index in [2.05, 4.69) is 15.6 Å². The van der Waals surface area contributed by atoms with Gasteiger partial charge in [0.2, 0.25) is 0 Å². The Balaban J connectivity index is 1.54. The first-order chi connectivity index (χ1) is 9.74. The molecule has 0 spiro atoms. The molecule has 0 bridgehead atoms. The van der Waals surface area contributed by atoms with E-state index in [4.69, 9.17) is 17.0 Å². The summed E-state index contributed by atoms with van der Waals surface area (Å²) >= 11 is 5.22. The van der Waals surface area contributed by atoms with Crippen molar-refractivity contribution >= 4 is 23.1 Å². The van der Waals surface area contributed by atoms with Crippen LogP contribution in [0.2, 0.25) is 0 Å². The van der Waals surface area contributed by atoms with Crippen molar-refractivity contribution in [3.63, 3.8) is 0 Å². The van der Waals surface area contributed by atoms with Gasteiger partial charge < -0.3 is 15.4 Å². The van der Waals surface area contributed by atoms with Crippen LogP contribution < -0.4 is 10.6 Å². The van der Waals surface area contributed by atoms with Crippen molar-refractivity contribution in [1.82, 2.24) is 10.3 Å². The van der Waals surface area contributed by atoms with E-state index in [9.17, 15) is 0 Å². The molecule has 20 heavy (non-hydrogen) atoms. The van der Waals surface area contributed by atoms with Crippen molar-refractivity contribution in [1.29, 1.82) is 0 Å². The number of hydrogen-bond acceptors (Lipinski definition) is 3. The molecule has 1 aliphatic rings. The van der Waals surface area contributed by atoms with Crippen molar-refractivity contribution in [2.24, 2.45) is 0 Å². The second-order valence-corrected chi connectivity index (χ2v) is 5.64. The number of rotatable bonds is 6. The minimum Gasteiger partial charge on any atom is -0.378 e. The topological polar surface area (TPSA) is 46.2 Å². The third kappa shape index (κ3) is 5.43.